The van der Waals surface area contributed by atoms with Gasteiger partial charge >= 0.3 is 0 Å². The summed E-state index contributed by atoms with van der Waals surface area (Å²) in [7, 11) is 2.13. The van der Waals surface area contributed by atoms with E-state index in [2.05, 4.69) is 11.9 Å². The van der Waals surface area contributed by atoms with Gasteiger partial charge in [0.15, 0.2) is 0 Å². The molecular weight excluding hydrogens is 150 g/mol. The van der Waals surface area contributed by atoms with E-state index in [0.717, 1.165) is 19.8 Å². The summed E-state index contributed by atoms with van der Waals surface area (Å²) < 4.78 is 5.22. The molecule has 1 aliphatic heterocycles. The van der Waals surface area contributed by atoms with Gasteiger partial charge in [0.05, 0.1) is 6.61 Å². The zero-order valence-electron chi connectivity index (χ0n) is 9.39. The molecule has 0 aromatic heterocycles. The molecule has 1 saturated heterocycles. The number of ether oxygens (including phenoxy) is 1. The first kappa shape index (κ1) is 14.4. The molecule has 1 aliphatic rings. The van der Waals surface area contributed by atoms with Crippen molar-refractivity contribution >= 4 is 0 Å². The highest BCUT2D eigenvalue weighted by atomic mass is 16.5. The molecule has 0 aromatic rings. The van der Waals surface area contributed by atoms with Gasteiger partial charge in [0, 0.05) is 19.7 Å². The number of rotatable bonds is 0. The van der Waals surface area contributed by atoms with Crippen molar-refractivity contribution in [3.05, 3.63) is 0 Å². The number of hydrogen-bond acceptors (Lipinski definition) is 2. The quantitative estimate of drug-likeness (QED) is 0.560. The number of likely N-dealkylation sites (N-methyl/N-ethyl adjacent to an activating group) is 1. The van der Waals surface area contributed by atoms with Crippen LogP contribution in [0.15, 0.2) is 0 Å². The third-order valence-electron chi connectivity index (χ3n) is 1.45. The average Bonchev–Trinajstić information content (AvgIpc) is 2.40. The van der Waals surface area contributed by atoms with Crippen LogP contribution < -0.4 is 0 Å². The first-order valence-electron chi connectivity index (χ1n) is 5.16. The summed E-state index contributed by atoms with van der Waals surface area (Å²) in [4.78, 5) is 2.30. The third kappa shape index (κ3) is 9.92. The van der Waals surface area contributed by atoms with Crippen LogP contribution in [0.2, 0.25) is 0 Å². The monoisotopic (exact) mass is 175 g/mol. The minimum Gasteiger partial charge on any atom is -0.380 e. The molecule has 0 atom stereocenters. The Hall–Kier alpha value is -0.0800. The van der Waals surface area contributed by atoms with Gasteiger partial charge in [0.2, 0.25) is 0 Å². The van der Waals surface area contributed by atoms with Gasteiger partial charge in [-0.1, -0.05) is 27.7 Å². The number of nitrogens with zero attached hydrogens (tertiary/aromatic N) is 1. The Morgan fingerprint density at radius 3 is 2.08 bits per heavy atom. The Bertz CT molecular complexity index is 58.9. The van der Waals surface area contributed by atoms with Crippen molar-refractivity contribution in [2.45, 2.75) is 34.1 Å². The lowest BCUT2D eigenvalue weighted by atomic mass is 10.4. The molecular formula is C10H25NO. The SMILES string of the molecule is CC.CC.CN1CCCOCC1. The van der Waals surface area contributed by atoms with Gasteiger partial charge in [-0.2, -0.15) is 0 Å². The molecule has 0 bridgehead atoms. The summed E-state index contributed by atoms with van der Waals surface area (Å²) in [5.41, 5.74) is 0. The zero-order chi connectivity index (χ0) is 9.82. The molecule has 0 N–H and O–H groups in total. The van der Waals surface area contributed by atoms with Crippen LogP contribution in [-0.2, 0) is 4.74 Å². The van der Waals surface area contributed by atoms with Gasteiger partial charge in [-0.05, 0) is 13.5 Å². The molecule has 0 spiro atoms. The second-order valence-electron chi connectivity index (χ2n) is 2.27. The molecule has 1 rings (SSSR count). The molecule has 1 heterocycles. The first-order valence-corrected chi connectivity index (χ1v) is 5.16. The zero-order valence-corrected chi connectivity index (χ0v) is 9.39. The largest absolute Gasteiger partial charge is 0.380 e. The molecule has 0 saturated carbocycles. The maximum atomic E-state index is 5.22. The Morgan fingerprint density at radius 1 is 0.917 bits per heavy atom. The van der Waals surface area contributed by atoms with E-state index >= 15 is 0 Å². The Labute approximate surface area is 77.9 Å². The molecule has 0 radical (unpaired) electrons. The van der Waals surface area contributed by atoms with Gasteiger partial charge in [0.25, 0.3) is 0 Å². The van der Waals surface area contributed by atoms with E-state index in [0.29, 0.717) is 0 Å². The lowest BCUT2D eigenvalue weighted by molar-refractivity contribution is 0.144. The van der Waals surface area contributed by atoms with E-state index in [4.69, 9.17) is 4.74 Å². The summed E-state index contributed by atoms with van der Waals surface area (Å²) in [6.07, 6.45) is 1.19. The van der Waals surface area contributed by atoms with E-state index in [-0.39, 0.29) is 0 Å². The van der Waals surface area contributed by atoms with Crippen LogP contribution in [0.5, 0.6) is 0 Å². The summed E-state index contributed by atoms with van der Waals surface area (Å²) in [6.45, 7) is 12.2. The van der Waals surface area contributed by atoms with E-state index in [1.807, 2.05) is 27.7 Å². The lowest BCUT2D eigenvalue weighted by Crippen LogP contribution is -2.20. The minimum absolute atomic E-state index is 0.913. The molecule has 2 heteroatoms. The molecule has 0 aliphatic carbocycles. The summed E-state index contributed by atoms with van der Waals surface area (Å²) >= 11 is 0. The molecule has 2 nitrogen and oxygen atoms in total. The van der Waals surface area contributed by atoms with E-state index in [9.17, 15) is 0 Å². The summed E-state index contributed by atoms with van der Waals surface area (Å²) in [6, 6.07) is 0. The van der Waals surface area contributed by atoms with Crippen LogP contribution in [0, 0.1) is 0 Å². The van der Waals surface area contributed by atoms with Crippen molar-refractivity contribution in [1.82, 2.24) is 4.90 Å². The fraction of sp³-hybridized carbons (Fsp3) is 1.00. The van der Waals surface area contributed by atoms with Gasteiger partial charge in [-0.3, -0.25) is 0 Å². The minimum atomic E-state index is 0.913. The second-order valence-corrected chi connectivity index (χ2v) is 2.27. The molecule has 0 aromatic carbocycles. The number of hydrogen-bond donors (Lipinski definition) is 0. The van der Waals surface area contributed by atoms with Crippen LogP contribution in [0.1, 0.15) is 34.1 Å². The Balaban J connectivity index is 0. The Morgan fingerprint density at radius 2 is 1.50 bits per heavy atom. The van der Waals surface area contributed by atoms with Gasteiger partial charge < -0.3 is 9.64 Å². The van der Waals surface area contributed by atoms with Gasteiger partial charge in [-0.15, -0.1) is 0 Å². The highest BCUT2D eigenvalue weighted by molar-refractivity contribution is 4.53. The maximum Gasteiger partial charge on any atom is 0.0593 e. The first-order chi connectivity index (χ1) is 5.89. The van der Waals surface area contributed by atoms with Crippen molar-refractivity contribution in [2.24, 2.45) is 0 Å². The highest BCUT2D eigenvalue weighted by Gasteiger charge is 2.01. The molecule has 1 fully saturated rings. The van der Waals surface area contributed by atoms with Crippen LogP contribution >= 0.6 is 0 Å². The standard InChI is InChI=1S/C6H13NO.2C2H6/c1-7-3-2-5-8-6-4-7;2*1-2/h2-6H2,1H3;2*1-2H3. The second kappa shape index (κ2) is 13.5. The van der Waals surface area contributed by atoms with Crippen LogP contribution in [0.4, 0.5) is 0 Å². The predicted octanol–water partition coefficient (Wildman–Crippen LogP) is 2.39. The molecule has 0 unspecified atom stereocenters. The van der Waals surface area contributed by atoms with E-state index < -0.39 is 0 Å². The lowest BCUT2D eigenvalue weighted by Gasteiger charge is -2.09. The van der Waals surface area contributed by atoms with Gasteiger partial charge in [0.1, 0.15) is 0 Å². The van der Waals surface area contributed by atoms with Crippen molar-refractivity contribution in [2.75, 3.05) is 33.4 Å². The maximum absolute atomic E-state index is 5.22. The van der Waals surface area contributed by atoms with Gasteiger partial charge in [-0.25, -0.2) is 0 Å². The van der Waals surface area contributed by atoms with Crippen LogP contribution in [0.3, 0.4) is 0 Å². The molecule has 0 amide bonds. The van der Waals surface area contributed by atoms with E-state index in [1.165, 1.54) is 13.0 Å². The highest BCUT2D eigenvalue weighted by Crippen LogP contribution is 1.93. The normalized spacial score (nSPS) is 17.8. The fourth-order valence-corrected chi connectivity index (χ4v) is 0.871. The predicted molar refractivity (Wildman–Crippen MR) is 55.6 cm³/mol. The van der Waals surface area contributed by atoms with Crippen LogP contribution in [0.25, 0.3) is 0 Å². The Kier molecular flexibility index (Phi) is 16.3. The smallest absolute Gasteiger partial charge is 0.0593 e. The molecule has 12 heavy (non-hydrogen) atoms. The van der Waals surface area contributed by atoms with Crippen molar-refractivity contribution in [1.29, 1.82) is 0 Å². The average molecular weight is 175 g/mol. The third-order valence-corrected chi connectivity index (χ3v) is 1.45. The topological polar surface area (TPSA) is 12.5 Å². The summed E-state index contributed by atoms with van der Waals surface area (Å²) in [5, 5.41) is 0. The van der Waals surface area contributed by atoms with E-state index in [1.54, 1.807) is 0 Å². The van der Waals surface area contributed by atoms with Crippen molar-refractivity contribution in [3.63, 3.8) is 0 Å². The van der Waals surface area contributed by atoms with Crippen molar-refractivity contribution in [3.8, 4) is 0 Å². The summed E-state index contributed by atoms with van der Waals surface area (Å²) in [5.74, 6) is 0. The fourth-order valence-electron chi connectivity index (χ4n) is 0.871. The molecule has 76 valence electrons. The van der Waals surface area contributed by atoms with Crippen molar-refractivity contribution < 1.29 is 4.74 Å². The van der Waals surface area contributed by atoms with Crippen LogP contribution in [-0.4, -0.2) is 38.3 Å².